The molecule has 5 heteroatoms. The molecule has 0 bridgehead atoms. The molecule has 0 saturated heterocycles. The molecule has 0 unspecified atom stereocenters. The standard InChI is InChI=1S/C17H24N4O/c1-11(2)9-14(18)17(22)19-16-10-15(20-21(16)4)13-8-6-5-7-12(13)3/h5-8,10-11,14H,9,18H2,1-4H3,(H,19,22)/t14-/m0/s1. The van der Waals surface area contributed by atoms with Gasteiger partial charge in [0.2, 0.25) is 5.91 Å². The van der Waals surface area contributed by atoms with Crippen molar-refractivity contribution < 1.29 is 4.79 Å². The van der Waals surface area contributed by atoms with Crippen LogP contribution in [-0.2, 0) is 11.8 Å². The fourth-order valence-corrected chi connectivity index (χ4v) is 2.41. The molecule has 3 N–H and O–H groups in total. The summed E-state index contributed by atoms with van der Waals surface area (Å²) in [6.07, 6.45) is 0.661. The van der Waals surface area contributed by atoms with Gasteiger partial charge in [-0.15, -0.1) is 0 Å². The highest BCUT2D eigenvalue weighted by atomic mass is 16.2. The van der Waals surface area contributed by atoms with Gasteiger partial charge >= 0.3 is 0 Å². The van der Waals surface area contributed by atoms with E-state index in [1.807, 2.05) is 58.2 Å². The Kier molecular flexibility index (Phi) is 4.98. The van der Waals surface area contributed by atoms with Gasteiger partial charge in [0.15, 0.2) is 0 Å². The van der Waals surface area contributed by atoms with Crippen molar-refractivity contribution in [2.45, 2.75) is 33.2 Å². The largest absolute Gasteiger partial charge is 0.320 e. The van der Waals surface area contributed by atoms with Gasteiger partial charge in [0.05, 0.1) is 11.7 Å². The number of aryl methyl sites for hydroxylation is 2. The Bertz CT molecular complexity index is 660. The lowest BCUT2D eigenvalue weighted by molar-refractivity contribution is -0.117. The van der Waals surface area contributed by atoms with Crippen molar-refractivity contribution in [2.75, 3.05) is 5.32 Å². The SMILES string of the molecule is Cc1ccccc1-c1cc(NC(=O)[C@@H](N)CC(C)C)n(C)n1. The lowest BCUT2D eigenvalue weighted by atomic mass is 10.0. The number of hydrogen-bond acceptors (Lipinski definition) is 3. The Morgan fingerprint density at radius 2 is 2.05 bits per heavy atom. The Morgan fingerprint density at radius 1 is 1.36 bits per heavy atom. The number of nitrogens with two attached hydrogens (primary N) is 1. The number of aromatic nitrogens is 2. The molecule has 1 amide bonds. The molecule has 0 aliphatic rings. The summed E-state index contributed by atoms with van der Waals surface area (Å²) in [5.41, 5.74) is 8.97. The van der Waals surface area contributed by atoms with Crippen LogP contribution in [0.25, 0.3) is 11.3 Å². The minimum atomic E-state index is -0.503. The summed E-state index contributed by atoms with van der Waals surface area (Å²) >= 11 is 0. The summed E-state index contributed by atoms with van der Waals surface area (Å²) in [5.74, 6) is 0.866. The topological polar surface area (TPSA) is 72.9 Å². The van der Waals surface area contributed by atoms with Gasteiger partial charge in [0.25, 0.3) is 0 Å². The van der Waals surface area contributed by atoms with Crippen molar-refractivity contribution in [3.05, 3.63) is 35.9 Å². The van der Waals surface area contributed by atoms with Crippen LogP contribution >= 0.6 is 0 Å². The molecule has 1 aromatic heterocycles. The van der Waals surface area contributed by atoms with E-state index in [1.165, 1.54) is 0 Å². The number of nitrogens with zero attached hydrogens (tertiary/aromatic N) is 2. The smallest absolute Gasteiger partial charge is 0.242 e. The van der Waals surface area contributed by atoms with Gasteiger partial charge < -0.3 is 11.1 Å². The molecule has 0 saturated carbocycles. The Balaban J connectivity index is 2.17. The Labute approximate surface area is 131 Å². The first-order chi connectivity index (χ1) is 10.4. The van der Waals surface area contributed by atoms with E-state index >= 15 is 0 Å². The predicted molar refractivity (Wildman–Crippen MR) is 89.4 cm³/mol. The summed E-state index contributed by atoms with van der Waals surface area (Å²) in [6.45, 7) is 6.14. The van der Waals surface area contributed by atoms with Gasteiger partial charge in [-0.05, 0) is 24.8 Å². The van der Waals surface area contributed by atoms with E-state index in [1.54, 1.807) is 4.68 Å². The minimum Gasteiger partial charge on any atom is -0.320 e. The second-order valence-electron chi connectivity index (χ2n) is 6.08. The molecule has 1 heterocycles. The fraction of sp³-hybridized carbons (Fsp3) is 0.412. The average Bonchev–Trinajstić information content (AvgIpc) is 2.79. The van der Waals surface area contributed by atoms with E-state index in [2.05, 4.69) is 10.4 Å². The molecule has 2 rings (SSSR count). The van der Waals surface area contributed by atoms with E-state index in [0.29, 0.717) is 18.2 Å². The van der Waals surface area contributed by atoms with E-state index in [0.717, 1.165) is 16.8 Å². The van der Waals surface area contributed by atoms with Crippen molar-refractivity contribution in [1.29, 1.82) is 0 Å². The highest BCUT2D eigenvalue weighted by molar-refractivity contribution is 5.94. The Morgan fingerprint density at radius 3 is 2.68 bits per heavy atom. The highest BCUT2D eigenvalue weighted by Gasteiger charge is 2.17. The molecule has 0 spiro atoms. The van der Waals surface area contributed by atoms with Crippen LogP contribution in [0.3, 0.4) is 0 Å². The normalized spacial score (nSPS) is 12.5. The fourth-order valence-electron chi connectivity index (χ4n) is 2.41. The number of anilines is 1. The van der Waals surface area contributed by atoms with Crippen molar-refractivity contribution >= 4 is 11.7 Å². The van der Waals surface area contributed by atoms with E-state index in [-0.39, 0.29) is 5.91 Å². The van der Waals surface area contributed by atoms with Crippen LogP contribution in [0, 0.1) is 12.8 Å². The molecule has 5 nitrogen and oxygen atoms in total. The quantitative estimate of drug-likeness (QED) is 0.891. The van der Waals surface area contributed by atoms with Crippen LogP contribution in [0.4, 0.5) is 5.82 Å². The summed E-state index contributed by atoms with van der Waals surface area (Å²) in [7, 11) is 1.81. The molecular formula is C17H24N4O. The Hall–Kier alpha value is -2.14. The van der Waals surface area contributed by atoms with Gasteiger partial charge in [0.1, 0.15) is 5.82 Å². The van der Waals surface area contributed by atoms with Crippen LogP contribution in [0.15, 0.2) is 30.3 Å². The van der Waals surface area contributed by atoms with Gasteiger partial charge in [-0.25, -0.2) is 0 Å². The number of nitrogens with one attached hydrogen (secondary N) is 1. The third-order valence-corrected chi connectivity index (χ3v) is 3.61. The zero-order valence-corrected chi connectivity index (χ0v) is 13.6. The summed E-state index contributed by atoms with van der Waals surface area (Å²) in [5, 5.41) is 7.34. The van der Waals surface area contributed by atoms with Crippen molar-refractivity contribution in [3.8, 4) is 11.3 Å². The molecule has 2 aromatic rings. The molecule has 0 radical (unpaired) electrons. The van der Waals surface area contributed by atoms with E-state index in [9.17, 15) is 4.79 Å². The number of benzene rings is 1. The zero-order chi connectivity index (χ0) is 16.3. The van der Waals surface area contributed by atoms with Gasteiger partial charge in [0, 0.05) is 18.7 Å². The molecule has 0 aliphatic carbocycles. The lowest BCUT2D eigenvalue weighted by Gasteiger charge is -2.13. The number of rotatable bonds is 5. The third kappa shape index (κ3) is 3.74. The van der Waals surface area contributed by atoms with Crippen LogP contribution in [-0.4, -0.2) is 21.7 Å². The number of carbonyl (C=O) groups excluding carboxylic acids is 1. The summed E-state index contributed by atoms with van der Waals surface area (Å²) in [6, 6.07) is 9.41. The average molecular weight is 300 g/mol. The van der Waals surface area contributed by atoms with Gasteiger partial charge in [-0.1, -0.05) is 38.1 Å². The van der Waals surface area contributed by atoms with Gasteiger partial charge in [-0.3, -0.25) is 9.48 Å². The minimum absolute atomic E-state index is 0.173. The molecule has 1 aromatic carbocycles. The first-order valence-electron chi connectivity index (χ1n) is 7.55. The highest BCUT2D eigenvalue weighted by Crippen LogP contribution is 2.24. The number of carbonyl (C=O) groups is 1. The first kappa shape index (κ1) is 16.2. The summed E-state index contributed by atoms with van der Waals surface area (Å²) in [4.78, 5) is 12.1. The van der Waals surface area contributed by atoms with E-state index < -0.39 is 6.04 Å². The van der Waals surface area contributed by atoms with Crippen LogP contribution in [0.2, 0.25) is 0 Å². The van der Waals surface area contributed by atoms with Crippen LogP contribution in [0.5, 0.6) is 0 Å². The zero-order valence-electron chi connectivity index (χ0n) is 13.6. The van der Waals surface area contributed by atoms with Crippen LogP contribution < -0.4 is 11.1 Å². The second kappa shape index (κ2) is 6.75. The van der Waals surface area contributed by atoms with Crippen molar-refractivity contribution in [1.82, 2.24) is 9.78 Å². The van der Waals surface area contributed by atoms with Gasteiger partial charge in [-0.2, -0.15) is 5.10 Å². The monoisotopic (exact) mass is 300 g/mol. The van der Waals surface area contributed by atoms with Crippen LogP contribution in [0.1, 0.15) is 25.8 Å². The predicted octanol–water partition coefficient (Wildman–Crippen LogP) is 2.71. The van der Waals surface area contributed by atoms with Crippen molar-refractivity contribution in [3.63, 3.8) is 0 Å². The molecule has 22 heavy (non-hydrogen) atoms. The third-order valence-electron chi connectivity index (χ3n) is 3.61. The van der Waals surface area contributed by atoms with Crippen molar-refractivity contribution in [2.24, 2.45) is 18.7 Å². The maximum Gasteiger partial charge on any atom is 0.242 e. The summed E-state index contributed by atoms with van der Waals surface area (Å²) < 4.78 is 1.67. The van der Waals surface area contributed by atoms with E-state index in [4.69, 9.17) is 5.73 Å². The second-order valence-corrected chi connectivity index (χ2v) is 6.08. The molecule has 0 aliphatic heterocycles. The molecular weight excluding hydrogens is 276 g/mol. The maximum atomic E-state index is 12.1. The molecule has 0 fully saturated rings. The molecule has 118 valence electrons. The number of hydrogen-bond donors (Lipinski definition) is 2. The molecule has 1 atom stereocenters. The maximum absolute atomic E-state index is 12.1. The number of amides is 1. The lowest BCUT2D eigenvalue weighted by Crippen LogP contribution is -2.37. The first-order valence-corrected chi connectivity index (χ1v) is 7.55.